The van der Waals surface area contributed by atoms with Gasteiger partial charge in [0.1, 0.15) is 0 Å². The summed E-state index contributed by atoms with van der Waals surface area (Å²) < 4.78 is 0. The Hall–Kier alpha value is -2.41. The van der Waals surface area contributed by atoms with Crippen molar-refractivity contribution in [3.05, 3.63) is 45.5 Å². The number of amides is 2. The molecule has 23 heavy (non-hydrogen) atoms. The van der Waals surface area contributed by atoms with Gasteiger partial charge in [-0.2, -0.15) is 0 Å². The van der Waals surface area contributed by atoms with Gasteiger partial charge in [-0.05, 0) is 25.0 Å². The van der Waals surface area contributed by atoms with E-state index in [-0.39, 0.29) is 36.0 Å². The van der Waals surface area contributed by atoms with Crippen LogP contribution in [0.15, 0.2) is 35.4 Å². The summed E-state index contributed by atoms with van der Waals surface area (Å²) in [5.41, 5.74) is 0.581. The third kappa shape index (κ3) is 2.92. The maximum atomic E-state index is 12.4. The van der Waals surface area contributed by atoms with E-state index in [4.69, 9.17) is 11.6 Å². The molecule has 0 aromatic heterocycles. The number of nitro groups is 1. The predicted molar refractivity (Wildman–Crippen MR) is 83.6 cm³/mol. The molecule has 2 atom stereocenters. The highest BCUT2D eigenvalue weighted by atomic mass is 35.5. The zero-order valence-corrected chi connectivity index (χ0v) is 12.8. The topological polar surface area (TPSA) is 92.6 Å². The molecule has 0 spiro atoms. The van der Waals surface area contributed by atoms with Crippen molar-refractivity contribution in [1.29, 1.82) is 0 Å². The van der Waals surface area contributed by atoms with Gasteiger partial charge in [-0.15, -0.1) is 0 Å². The molecule has 1 aromatic carbocycles. The molecular formula is C15H14ClN3O4. The van der Waals surface area contributed by atoms with Crippen LogP contribution >= 0.6 is 11.6 Å². The molecule has 1 aliphatic heterocycles. The number of rotatable bonds is 4. The summed E-state index contributed by atoms with van der Waals surface area (Å²) in [6, 6.07) is 5.79. The number of nitro benzene ring substituents is 1. The Morgan fingerprint density at radius 2 is 1.87 bits per heavy atom. The molecule has 120 valence electrons. The number of nitrogens with one attached hydrogen (secondary N) is 1. The Bertz CT molecular complexity index is 701. The molecule has 2 unspecified atom stereocenters. The molecule has 1 aromatic rings. The minimum atomic E-state index is -0.487. The van der Waals surface area contributed by atoms with Crippen molar-refractivity contribution in [1.82, 2.24) is 4.90 Å². The first-order valence-corrected chi connectivity index (χ1v) is 7.53. The first-order chi connectivity index (χ1) is 11.0. The molecule has 2 aliphatic rings. The molecule has 1 saturated heterocycles. The Morgan fingerprint density at radius 1 is 1.22 bits per heavy atom. The minimum absolute atomic E-state index is 0.0180. The van der Waals surface area contributed by atoms with Crippen molar-refractivity contribution in [3.8, 4) is 0 Å². The van der Waals surface area contributed by atoms with Gasteiger partial charge >= 0.3 is 0 Å². The lowest BCUT2D eigenvalue weighted by Gasteiger charge is -2.17. The number of fused-ring (bicyclic) bond motifs is 1. The third-order valence-electron chi connectivity index (χ3n) is 4.18. The van der Waals surface area contributed by atoms with Gasteiger partial charge in [0.15, 0.2) is 0 Å². The first-order valence-electron chi connectivity index (χ1n) is 7.15. The van der Waals surface area contributed by atoms with Crippen LogP contribution in [-0.2, 0) is 9.59 Å². The van der Waals surface area contributed by atoms with Crippen LogP contribution in [-0.4, -0.2) is 28.3 Å². The quantitative estimate of drug-likeness (QED) is 0.518. The standard InChI is InChI=1S/C15H14ClN3O4/c16-9-1-6-12-13(7-9)15(21)18(14(12)20)8-17-10-2-4-11(5-3-10)19(22)23/h1-5,12-13,17H,6-8H2. The summed E-state index contributed by atoms with van der Waals surface area (Å²) in [7, 11) is 0. The summed E-state index contributed by atoms with van der Waals surface area (Å²) in [5, 5.41) is 14.2. The van der Waals surface area contributed by atoms with Crippen molar-refractivity contribution in [2.24, 2.45) is 11.8 Å². The maximum Gasteiger partial charge on any atom is 0.269 e. The molecule has 0 bridgehead atoms. The van der Waals surface area contributed by atoms with Crippen molar-refractivity contribution in [3.63, 3.8) is 0 Å². The highest BCUT2D eigenvalue weighted by molar-refractivity contribution is 6.30. The van der Waals surface area contributed by atoms with Crippen LogP contribution in [0.25, 0.3) is 0 Å². The van der Waals surface area contributed by atoms with Crippen LogP contribution in [0.2, 0.25) is 0 Å². The Balaban J connectivity index is 1.66. The number of hydrogen-bond donors (Lipinski definition) is 1. The molecule has 7 nitrogen and oxygen atoms in total. The lowest BCUT2D eigenvalue weighted by molar-refractivity contribution is -0.384. The van der Waals surface area contributed by atoms with Gasteiger partial charge in [-0.25, -0.2) is 0 Å². The predicted octanol–water partition coefficient (Wildman–Crippen LogP) is 2.48. The van der Waals surface area contributed by atoms with Crippen molar-refractivity contribution in [2.45, 2.75) is 12.8 Å². The van der Waals surface area contributed by atoms with Crippen molar-refractivity contribution < 1.29 is 14.5 Å². The van der Waals surface area contributed by atoms with Crippen LogP contribution in [0.3, 0.4) is 0 Å². The third-order valence-corrected chi connectivity index (χ3v) is 4.49. The number of imide groups is 1. The Labute approximate surface area is 137 Å². The molecule has 1 heterocycles. The van der Waals surface area contributed by atoms with Gasteiger partial charge in [-0.3, -0.25) is 24.6 Å². The number of nitrogens with zero attached hydrogens (tertiary/aromatic N) is 2. The van der Waals surface area contributed by atoms with Crippen LogP contribution in [0, 0.1) is 22.0 Å². The number of carbonyl (C=O) groups excluding carboxylic acids is 2. The summed E-state index contributed by atoms with van der Waals surface area (Å²) in [6.07, 6.45) is 2.69. The number of halogens is 1. The van der Waals surface area contributed by atoms with Gasteiger partial charge in [0.05, 0.1) is 23.4 Å². The highest BCUT2D eigenvalue weighted by Crippen LogP contribution is 2.38. The monoisotopic (exact) mass is 335 g/mol. The zero-order valence-electron chi connectivity index (χ0n) is 12.1. The van der Waals surface area contributed by atoms with Crippen molar-refractivity contribution in [2.75, 3.05) is 12.0 Å². The number of anilines is 1. The molecule has 0 saturated carbocycles. The summed E-state index contributed by atoms with van der Waals surface area (Å²) in [6.45, 7) is 0.0418. The molecule has 0 radical (unpaired) electrons. The number of benzene rings is 1. The van der Waals surface area contributed by atoms with Gasteiger partial charge in [0.25, 0.3) is 5.69 Å². The molecule has 1 aliphatic carbocycles. The van der Waals surface area contributed by atoms with Crippen LogP contribution in [0.4, 0.5) is 11.4 Å². The SMILES string of the molecule is O=C1C2CC=C(Cl)CC2C(=O)N1CNc1ccc([N+](=O)[O-])cc1. The van der Waals surface area contributed by atoms with E-state index in [0.29, 0.717) is 23.6 Å². The van der Waals surface area contributed by atoms with E-state index in [1.807, 2.05) is 0 Å². The minimum Gasteiger partial charge on any atom is -0.367 e. The van der Waals surface area contributed by atoms with E-state index in [0.717, 1.165) is 0 Å². The normalized spacial score (nSPS) is 23.5. The molecule has 3 rings (SSSR count). The second-order valence-electron chi connectivity index (χ2n) is 5.55. The van der Waals surface area contributed by atoms with Gasteiger partial charge in [0, 0.05) is 22.9 Å². The van der Waals surface area contributed by atoms with Gasteiger partial charge in [0.2, 0.25) is 11.8 Å². The van der Waals surface area contributed by atoms with E-state index >= 15 is 0 Å². The number of likely N-dealkylation sites (tertiary alicyclic amines) is 1. The first kappa shape index (κ1) is 15.5. The van der Waals surface area contributed by atoms with Crippen LogP contribution < -0.4 is 5.32 Å². The van der Waals surface area contributed by atoms with Gasteiger partial charge < -0.3 is 5.32 Å². The summed E-state index contributed by atoms with van der Waals surface area (Å²) in [5.74, 6) is -1.13. The van der Waals surface area contributed by atoms with Crippen LogP contribution in [0.5, 0.6) is 0 Å². The Morgan fingerprint density at radius 3 is 2.52 bits per heavy atom. The fourth-order valence-electron chi connectivity index (χ4n) is 2.92. The highest BCUT2D eigenvalue weighted by Gasteiger charge is 2.48. The molecule has 2 amide bonds. The number of non-ortho nitro benzene ring substituents is 1. The second kappa shape index (κ2) is 6.00. The number of carbonyl (C=O) groups is 2. The fraction of sp³-hybridized carbons (Fsp3) is 0.333. The van der Waals surface area contributed by atoms with Crippen LogP contribution in [0.1, 0.15) is 12.8 Å². The smallest absolute Gasteiger partial charge is 0.269 e. The van der Waals surface area contributed by atoms with Gasteiger partial charge in [-0.1, -0.05) is 17.7 Å². The van der Waals surface area contributed by atoms with E-state index in [1.165, 1.54) is 29.2 Å². The zero-order chi connectivity index (χ0) is 16.6. The van der Waals surface area contributed by atoms with E-state index in [2.05, 4.69) is 5.32 Å². The summed E-state index contributed by atoms with van der Waals surface area (Å²) >= 11 is 5.97. The van der Waals surface area contributed by atoms with E-state index in [9.17, 15) is 19.7 Å². The molecule has 1 fully saturated rings. The summed E-state index contributed by atoms with van der Waals surface area (Å²) in [4.78, 5) is 36.0. The Kier molecular flexibility index (Phi) is 4.04. The maximum absolute atomic E-state index is 12.4. The van der Waals surface area contributed by atoms with E-state index in [1.54, 1.807) is 6.08 Å². The molecular weight excluding hydrogens is 322 g/mol. The average molecular weight is 336 g/mol. The average Bonchev–Trinajstić information content (AvgIpc) is 2.77. The molecule has 1 N–H and O–H groups in total. The lowest BCUT2D eigenvalue weighted by atomic mass is 9.85. The molecule has 8 heteroatoms. The number of allylic oxidation sites excluding steroid dienone is 2. The fourth-order valence-corrected chi connectivity index (χ4v) is 3.18. The lowest BCUT2D eigenvalue weighted by Crippen LogP contribution is -2.35. The number of hydrogen-bond acceptors (Lipinski definition) is 5. The van der Waals surface area contributed by atoms with E-state index < -0.39 is 4.92 Å². The van der Waals surface area contributed by atoms with Crippen molar-refractivity contribution >= 4 is 34.8 Å². The second-order valence-corrected chi connectivity index (χ2v) is 6.03. The largest absolute Gasteiger partial charge is 0.367 e.